The smallest absolute Gasteiger partial charge is 0.353 e. The summed E-state index contributed by atoms with van der Waals surface area (Å²) in [6.07, 6.45) is 4.10. The number of carbonyl (C=O) groups excluding carboxylic acids is 2. The third-order valence-electron chi connectivity index (χ3n) is 5.55. The molecule has 8 nitrogen and oxygen atoms in total. The highest BCUT2D eigenvalue weighted by atomic mass is 16.7. The number of hydrogen-bond donors (Lipinski definition) is 1. The number of oxime groups is 1. The summed E-state index contributed by atoms with van der Waals surface area (Å²) in [5.41, 5.74) is 1.58. The molecule has 1 aliphatic rings. The summed E-state index contributed by atoms with van der Waals surface area (Å²) in [6, 6.07) is 13.6. The summed E-state index contributed by atoms with van der Waals surface area (Å²) < 4.78 is 7.03. The first-order valence-electron chi connectivity index (χ1n) is 10.5. The van der Waals surface area contributed by atoms with Crippen LogP contribution in [0.25, 0.3) is 11.0 Å². The molecule has 0 spiro atoms. The highest BCUT2D eigenvalue weighted by Crippen LogP contribution is 2.30. The number of aromatic nitrogens is 2. The Morgan fingerprint density at radius 2 is 2.03 bits per heavy atom. The van der Waals surface area contributed by atoms with Crippen molar-refractivity contribution in [1.29, 1.82) is 0 Å². The van der Waals surface area contributed by atoms with Crippen LogP contribution in [-0.4, -0.2) is 46.4 Å². The Kier molecular flexibility index (Phi) is 5.94. The van der Waals surface area contributed by atoms with Gasteiger partial charge >= 0.3 is 5.97 Å². The van der Waals surface area contributed by atoms with E-state index in [0.717, 1.165) is 16.6 Å². The highest BCUT2D eigenvalue weighted by Gasteiger charge is 2.47. The first-order valence-corrected chi connectivity index (χ1v) is 10.5. The van der Waals surface area contributed by atoms with E-state index in [4.69, 9.17) is 9.57 Å². The monoisotopic (exact) mass is 434 g/mol. The number of methoxy groups -OCH3 is 1. The second kappa shape index (κ2) is 8.82. The van der Waals surface area contributed by atoms with Gasteiger partial charge in [-0.1, -0.05) is 35.5 Å². The molecule has 4 rings (SSSR count). The summed E-state index contributed by atoms with van der Waals surface area (Å²) in [4.78, 5) is 35.2. The second-order valence-corrected chi connectivity index (χ2v) is 8.21. The average molecular weight is 434 g/mol. The molecule has 0 fully saturated rings. The highest BCUT2D eigenvalue weighted by molar-refractivity contribution is 6.01. The van der Waals surface area contributed by atoms with Crippen molar-refractivity contribution in [3.63, 3.8) is 0 Å². The molecule has 1 aromatic carbocycles. The summed E-state index contributed by atoms with van der Waals surface area (Å²) in [5.74, 6) is -0.756. The van der Waals surface area contributed by atoms with Crippen LogP contribution in [-0.2, 0) is 20.8 Å². The van der Waals surface area contributed by atoms with Crippen molar-refractivity contribution in [2.45, 2.75) is 38.3 Å². The molecule has 1 aliphatic heterocycles. The van der Waals surface area contributed by atoms with Gasteiger partial charge in [-0.3, -0.25) is 4.79 Å². The van der Waals surface area contributed by atoms with E-state index in [0.29, 0.717) is 17.7 Å². The van der Waals surface area contributed by atoms with Gasteiger partial charge in [0.25, 0.3) is 5.91 Å². The minimum Gasteiger partial charge on any atom is -0.466 e. The van der Waals surface area contributed by atoms with E-state index in [1.54, 1.807) is 6.20 Å². The predicted molar refractivity (Wildman–Crippen MR) is 120 cm³/mol. The topological polar surface area (TPSA) is 94.8 Å². The molecule has 2 aromatic heterocycles. The normalized spacial score (nSPS) is 17.8. The molecule has 1 amide bonds. The van der Waals surface area contributed by atoms with Crippen LogP contribution in [0.3, 0.4) is 0 Å². The van der Waals surface area contributed by atoms with Gasteiger partial charge in [-0.05, 0) is 31.5 Å². The fraction of sp³-hybridized carbons (Fsp3) is 0.333. The Hall–Kier alpha value is -3.68. The molecule has 0 radical (unpaired) electrons. The van der Waals surface area contributed by atoms with Gasteiger partial charge in [-0.2, -0.15) is 0 Å². The standard InChI is InChI=1S/C24H26N4O4/c1-16(2)28-10-9-18-11-19(14-25-21(18)28)22(29)26-15-20-13-24(32-27-20,23(30)31-3)12-17-7-5-4-6-8-17/h4-11,14,16H,12-13,15H2,1-3H3,(H,26,29). The molecule has 1 atom stereocenters. The number of hydrogen-bond acceptors (Lipinski definition) is 6. The Bertz CT molecular complexity index is 1170. The zero-order chi connectivity index (χ0) is 22.7. The number of ether oxygens (including phenoxy) is 1. The number of carbonyl (C=O) groups is 2. The maximum atomic E-state index is 12.7. The molecule has 3 aromatic rings. The van der Waals surface area contributed by atoms with Gasteiger partial charge in [0.05, 0.1) is 24.9 Å². The lowest BCUT2D eigenvalue weighted by Crippen LogP contribution is -2.43. The van der Waals surface area contributed by atoms with Gasteiger partial charge in [-0.25, -0.2) is 9.78 Å². The molecular weight excluding hydrogens is 408 g/mol. The zero-order valence-electron chi connectivity index (χ0n) is 18.4. The van der Waals surface area contributed by atoms with Crippen LogP contribution in [0, 0.1) is 0 Å². The summed E-state index contributed by atoms with van der Waals surface area (Å²) in [5, 5.41) is 7.82. The van der Waals surface area contributed by atoms with Crippen LogP contribution in [0.1, 0.15) is 42.2 Å². The lowest BCUT2D eigenvalue weighted by Gasteiger charge is -2.23. The van der Waals surface area contributed by atoms with Crippen molar-refractivity contribution in [2.24, 2.45) is 5.16 Å². The second-order valence-electron chi connectivity index (χ2n) is 8.21. The van der Waals surface area contributed by atoms with Crippen molar-refractivity contribution in [2.75, 3.05) is 13.7 Å². The van der Waals surface area contributed by atoms with E-state index in [9.17, 15) is 9.59 Å². The van der Waals surface area contributed by atoms with Gasteiger partial charge in [0.2, 0.25) is 5.60 Å². The quantitative estimate of drug-likeness (QED) is 0.576. The maximum Gasteiger partial charge on any atom is 0.353 e. The van der Waals surface area contributed by atoms with E-state index in [1.165, 1.54) is 7.11 Å². The maximum absolute atomic E-state index is 12.7. The number of fused-ring (bicyclic) bond motifs is 1. The minimum atomic E-state index is -1.23. The van der Waals surface area contributed by atoms with Crippen molar-refractivity contribution < 1.29 is 19.2 Å². The van der Waals surface area contributed by atoms with Crippen LogP contribution in [0.2, 0.25) is 0 Å². The SMILES string of the molecule is COC(=O)C1(Cc2ccccc2)CC(CNC(=O)c2cnc3c(ccn3C(C)C)c2)=NO1. The molecule has 1 N–H and O–H groups in total. The van der Waals surface area contributed by atoms with Crippen LogP contribution in [0.4, 0.5) is 0 Å². The van der Waals surface area contributed by atoms with Gasteiger partial charge in [-0.15, -0.1) is 0 Å². The largest absolute Gasteiger partial charge is 0.466 e. The molecule has 0 aliphatic carbocycles. The number of esters is 1. The van der Waals surface area contributed by atoms with Gasteiger partial charge in [0.15, 0.2) is 0 Å². The number of benzene rings is 1. The molecule has 0 bridgehead atoms. The lowest BCUT2D eigenvalue weighted by atomic mass is 9.89. The van der Waals surface area contributed by atoms with Crippen molar-refractivity contribution in [1.82, 2.24) is 14.9 Å². The summed E-state index contributed by atoms with van der Waals surface area (Å²) in [7, 11) is 1.33. The minimum absolute atomic E-state index is 0.164. The fourth-order valence-corrected chi connectivity index (χ4v) is 3.90. The molecule has 8 heteroatoms. The third kappa shape index (κ3) is 4.21. The van der Waals surface area contributed by atoms with Gasteiger partial charge in [0, 0.05) is 36.7 Å². The Labute approximate surface area is 186 Å². The Balaban J connectivity index is 1.42. The number of nitrogens with one attached hydrogen (secondary N) is 1. The van der Waals surface area contributed by atoms with Crippen molar-refractivity contribution >= 4 is 28.6 Å². The van der Waals surface area contributed by atoms with Crippen LogP contribution < -0.4 is 5.32 Å². The molecule has 3 heterocycles. The van der Waals surface area contributed by atoms with E-state index < -0.39 is 11.6 Å². The predicted octanol–water partition coefficient (Wildman–Crippen LogP) is 3.28. The average Bonchev–Trinajstić information content (AvgIpc) is 3.42. The first kappa shape index (κ1) is 21.5. The van der Waals surface area contributed by atoms with Crippen LogP contribution in [0.5, 0.6) is 0 Å². The number of nitrogens with zero attached hydrogens (tertiary/aromatic N) is 3. The third-order valence-corrected chi connectivity index (χ3v) is 5.55. The molecule has 32 heavy (non-hydrogen) atoms. The lowest BCUT2D eigenvalue weighted by molar-refractivity contribution is -0.166. The van der Waals surface area contributed by atoms with Crippen molar-refractivity contribution in [3.05, 3.63) is 66.0 Å². The molecule has 166 valence electrons. The Morgan fingerprint density at radius 3 is 2.75 bits per heavy atom. The number of rotatable bonds is 7. The van der Waals surface area contributed by atoms with Crippen molar-refractivity contribution in [3.8, 4) is 0 Å². The van der Waals surface area contributed by atoms with E-state index in [1.807, 2.05) is 48.7 Å². The van der Waals surface area contributed by atoms with Gasteiger partial charge in [0.1, 0.15) is 5.65 Å². The Morgan fingerprint density at radius 1 is 1.25 bits per heavy atom. The zero-order valence-corrected chi connectivity index (χ0v) is 18.4. The number of amides is 1. The van der Waals surface area contributed by atoms with Gasteiger partial charge < -0.3 is 19.5 Å². The summed E-state index contributed by atoms with van der Waals surface area (Å²) >= 11 is 0. The molecule has 0 saturated carbocycles. The van der Waals surface area contributed by atoms with E-state index in [2.05, 4.69) is 33.9 Å². The first-order chi connectivity index (χ1) is 15.4. The van der Waals surface area contributed by atoms with E-state index >= 15 is 0 Å². The molecule has 0 saturated heterocycles. The number of pyridine rings is 1. The molecule has 1 unspecified atom stereocenters. The van der Waals surface area contributed by atoms with Crippen LogP contribution in [0.15, 0.2) is 60.0 Å². The van der Waals surface area contributed by atoms with Crippen LogP contribution >= 0.6 is 0 Å². The summed E-state index contributed by atoms with van der Waals surface area (Å²) in [6.45, 7) is 4.33. The molecular formula is C24H26N4O4. The van der Waals surface area contributed by atoms with E-state index in [-0.39, 0.29) is 24.9 Å². The fourth-order valence-electron chi connectivity index (χ4n) is 3.90.